The molecule has 0 radical (unpaired) electrons. The van der Waals surface area contributed by atoms with E-state index < -0.39 is 31.9 Å². The van der Waals surface area contributed by atoms with E-state index in [1.165, 1.54) is 18.2 Å². The molecule has 0 aliphatic carbocycles. The molecule has 0 aromatic heterocycles. The summed E-state index contributed by atoms with van der Waals surface area (Å²) in [5, 5.41) is 8.87. The predicted molar refractivity (Wildman–Crippen MR) is 75.4 cm³/mol. The van der Waals surface area contributed by atoms with E-state index in [-0.39, 0.29) is 34.8 Å². The van der Waals surface area contributed by atoms with Gasteiger partial charge in [0.1, 0.15) is 9.84 Å². The molecule has 7 nitrogen and oxygen atoms in total. The number of carboxylic acid groups (broad SMARTS) is 1. The zero-order valence-corrected chi connectivity index (χ0v) is 12.7. The van der Waals surface area contributed by atoms with Gasteiger partial charge in [0, 0.05) is 6.04 Å². The number of hydrogen-bond donors (Lipinski definition) is 2. The maximum Gasteiger partial charge on any atom is 0.335 e. The van der Waals surface area contributed by atoms with Crippen LogP contribution in [-0.4, -0.2) is 45.5 Å². The molecule has 1 fully saturated rings. The molecule has 1 aromatic rings. The minimum Gasteiger partial charge on any atom is -0.478 e. The molecule has 1 heterocycles. The van der Waals surface area contributed by atoms with Gasteiger partial charge in [0.25, 0.3) is 0 Å². The number of nitrogens with one attached hydrogen (secondary N) is 1. The Morgan fingerprint density at radius 3 is 2.43 bits per heavy atom. The number of sulfonamides is 1. The minimum atomic E-state index is -3.86. The molecule has 0 saturated carbocycles. The van der Waals surface area contributed by atoms with Crippen LogP contribution in [0.4, 0.5) is 0 Å². The molecule has 116 valence electrons. The van der Waals surface area contributed by atoms with Gasteiger partial charge in [-0.2, -0.15) is 0 Å². The van der Waals surface area contributed by atoms with Crippen molar-refractivity contribution >= 4 is 25.8 Å². The van der Waals surface area contributed by atoms with Gasteiger partial charge < -0.3 is 5.11 Å². The molecule has 0 bridgehead atoms. The standard InChI is InChI=1S/C12H15NO6S2/c14-12(15)9-2-1-3-11(8-9)21(18,19)13-10-4-6-20(16,17)7-5-10/h1-3,8,10,13H,4-7H2,(H,14,15). The molecule has 1 saturated heterocycles. The van der Waals surface area contributed by atoms with Crippen LogP contribution < -0.4 is 4.72 Å². The van der Waals surface area contributed by atoms with Crippen LogP contribution in [0.5, 0.6) is 0 Å². The third-order valence-corrected chi connectivity index (χ3v) is 6.50. The molecule has 0 unspecified atom stereocenters. The first-order valence-corrected chi connectivity index (χ1v) is 9.56. The van der Waals surface area contributed by atoms with Crippen molar-refractivity contribution in [2.45, 2.75) is 23.8 Å². The molecule has 0 spiro atoms. The monoisotopic (exact) mass is 333 g/mol. The van der Waals surface area contributed by atoms with Crippen molar-refractivity contribution < 1.29 is 26.7 Å². The number of aromatic carboxylic acids is 1. The molecule has 0 amide bonds. The van der Waals surface area contributed by atoms with Gasteiger partial charge in [-0.05, 0) is 31.0 Å². The number of carboxylic acids is 1. The summed E-state index contributed by atoms with van der Waals surface area (Å²) in [7, 11) is -6.93. The summed E-state index contributed by atoms with van der Waals surface area (Å²) >= 11 is 0. The van der Waals surface area contributed by atoms with Crippen LogP contribution in [-0.2, 0) is 19.9 Å². The average Bonchev–Trinajstić information content (AvgIpc) is 2.41. The third-order valence-electron chi connectivity index (χ3n) is 3.27. The van der Waals surface area contributed by atoms with Crippen molar-refractivity contribution in [2.75, 3.05) is 11.5 Å². The van der Waals surface area contributed by atoms with E-state index in [4.69, 9.17) is 5.11 Å². The van der Waals surface area contributed by atoms with Crippen molar-refractivity contribution in [3.8, 4) is 0 Å². The van der Waals surface area contributed by atoms with E-state index >= 15 is 0 Å². The lowest BCUT2D eigenvalue weighted by molar-refractivity contribution is 0.0696. The lowest BCUT2D eigenvalue weighted by Gasteiger charge is -2.22. The Balaban J connectivity index is 2.16. The van der Waals surface area contributed by atoms with Crippen molar-refractivity contribution in [1.82, 2.24) is 4.72 Å². The fourth-order valence-corrected chi connectivity index (χ4v) is 4.93. The maximum absolute atomic E-state index is 12.2. The lowest BCUT2D eigenvalue weighted by atomic mass is 10.2. The molecular weight excluding hydrogens is 318 g/mol. The summed E-state index contributed by atoms with van der Waals surface area (Å²) in [5.74, 6) is -1.30. The number of carbonyl (C=O) groups is 1. The maximum atomic E-state index is 12.2. The first-order chi connectivity index (χ1) is 9.70. The van der Waals surface area contributed by atoms with Crippen LogP contribution in [0.3, 0.4) is 0 Å². The van der Waals surface area contributed by atoms with Gasteiger partial charge >= 0.3 is 5.97 Å². The Hall–Kier alpha value is -1.45. The second kappa shape index (κ2) is 5.74. The summed E-state index contributed by atoms with van der Waals surface area (Å²) in [6.07, 6.45) is 0.445. The Bertz CT molecular complexity index is 740. The van der Waals surface area contributed by atoms with E-state index in [9.17, 15) is 21.6 Å². The summed E-state index contributed by atoms with van der Waals surface area (Å²) in [6, 6.07) is 4.57. The molecular formula is C12H15NO6S2. The average molecular weight is 333 g/mol. The summed E-state index contributed by atoms with van der Waals surface area (Å²) in [6.45, 7) is 0. The highest BCUT2D eigenvalue weighted by Gasteiger charge is 2.27. The highest BCUT2D eigenvalue weighted by Crippen LogP contribution is 2.17. The van der Waals surface area contributed by atoms with Gasteiger partial charge in [0.2, 0.25) is 10.0 Å². The normalized spacial score (nSPS) is 19.2. The Morgan fingerprint density at radius 1 is 1.24 bits per heavy atom. The van der Waals surface area contributed by atoms with Crippen LogP contribution in [0, 0.1) is 0 Å². The van der Waals surface area contributed by atoms with E-state index in [1.54, 1.807) is 0 Å². The van der Waals surface area contributed by atoms with E-state index in [2.05, 4.69) is 4.72 Å². The smallest absolute Gasteiger partial charge is 0.335 e. The second-order valence-electron chi connectivity index (χ2n) is 4.88. The molecule has 2 N–H and O–H groups in total. The fourth-order valence-electron chi connectivity index (χ4n) is 2.09. The highest BCUT2D eigenvalue weighted by atomic mass is 32.2. The molecule has 21 heavy (non-hydrogen) atoms. The number of rotatable bonds is 4. The third kappa shape index (κ3) is 4.02. The molecule has 1 aromatic carbocycles. The number of benzene rings is 1. The quantitative estimate of drug-likeness (QED) is 0.815. The number of sulfone groups is 1. The van der Waals surface area contributed by atoms with Crippen LogP contribution in [0.15, 0.2) is 29.2 Å². The fraction of sp³-hybridized carbons (Fsp3) is 0.417. The van der Waals surface area contributed by atoms with E-state index in [0.29, 0.717) is 0 Å². The minimum absolute atomic E-state index is 0.0463. The van der Waals surface area contributed by atoms with Crippen molar-refractivity contribution in [3.63, 3.8) is 0 Å². The first-order valence-electron chi connectivity index (χ1n) is 6.26. The molecule has 1 aliphatic heterocycles. The zero-order valence-electron chi connectivity index (χ0n) is 11.0. The highest BCUT2D eigenvalue weighted by molar-refractivity contribution is 7.91. The van der Waals surface area contributed by atoms with Crippen molar-refractivity contribution in [3.05, 3.63) is 29.8 Å². The van der Waals surface area contributed by atoms with Gasteiger partial charge in [0.15, 0.2) is 0 Å². The molecule has 2 rings (SSSR count). The zero-order chi connectivity index (χ0) is 15.7. The van der Waals surface area contributed by atoms with Gasteiger partial charge in [0.05, 0.1) is 22.0 Å². The summed E-state index contributed by atoms with van der Waals surface area (Å²) in [5.41, 5.74) is -0.121. The van der Waals surface area contributed by atoms with E-state index in [0.717, 1.165) is 6.07 Å². The van der Waals surface area contributed by atoms with Crippen molar-refractivity contribution in [1.29, 1.82) is 0 Å². The Kier molecular flexibility index (Phi) is 4.35. The van der Waals surface area contributed by atoms with Crippen LogP contribution >= 0.6 is 0 Å². The Morgan fingerprint density at radius 2 is 1.86 bits per heavy atom. The van der Waals surface area contributed by atoms with Crippen LogP contribution in [0.1, 0.15) is 23.2 Å². The lowest BCUT2D eigenvalue weighted by Crippen LogP contribution is -2.40. The van der Waals surface area contributed by atoms with Crippen LogP contribution in [0.25, 0.3) is 0 Å². The summed E-state index contributed by atoms with van der Waals surface area (Å²) in [4.78, 5) is 10.7. The molecule has 9 heteroatoms. The topological polar surface area (TPSA) is 118 Å². The van der Waals surface area contributed by atoms with Gasteiger partial charge in [-0.15, -0.1) is 0 Å². The molecule has 1 aliphatic rings. The Labute approximate surface area is 123 Å². The van der Waals surface area contributed by atoms with Gasteiger partial charge in [-0.1, -0.05) is 6.07 Å². The summed E-state index contributed by atoms with van der Waals surface area (Å²) < 4.78 is 49.4. The number of hydrogen-bond acceptors (Lipinski definition) is 5. The first kappa shape index (κ1) is 15.9. The van der Waals surface area contributed by atoms with Crippen molar-refractivity contribution in [2.24, 2.45) is 0 Å². The molecule has 0 atom stereocenters. The van der Waals surface area contributed by atoms with Gasteiger partial charge in [-0.3, -0.25) is 0 Å². The predicted octanol–water partition coefficient (Wildman–Crippen LogP) is 0.240. The largest absolute Gasteiger partial charge is 0.478 e. The van der Waals surface area contributed by atoms with Gasteiger partial charge in [-0.25, -0.2) is 26.4 Å². The second-order valence-corrected chi connectivity index (χ2v) is 8.90. The van der Waals surface area contributed by atoms with Crippen LogP contribution in [0.2, 0.25) is 0 Å². The SMILES string of the molecule is O=C(O)c1cccc(S(=O)(=O)NC2CCS(=O)(=O)CC2)c1. The van der Waals surface area contributed by atoms with E-state index in [1.807, 2.05) is 0 Å².